The largest absolute Gasteiger partial charge is 0.493 e. The fourth-order valence-corrected chi connectivity index (χ4v) is 2.38. The van der Waals surface area contributed by atoms with Gasteiger partial charge in [0.1, 0.15) is 5.75 Å². The topological polar surface area (TPSA) is 48.1 Å². The minimum absolute atomic E-state index is 0.191. The molecule has 0 fully saturated rings. The summed E-state index contributed by atoms with van der Waals surface area (Å²) in [5, 5.41) is 0. The molecule has 2 aromatic rings. The lowest BCUT2D eigenvalue weighted by atomic mass is 10.0. The molecule has 3 nitrogen and oxygen atoms in total. The molecule has 2 heterocycles. The molecule has 18 heavy (non-hydrogen) atoms. The van der Waals surface area contributed by atoms with Gasteiger partial charge in [-0.1, -0.05) is 12.1 Å². The maximum atomic E-state index is 6.24. The van der Waals surface area contributed by atoms with Crippen molar-refractivity contribution in [3.05, 3.63) is 57.8 Å². The van der Waals surface area contributed by atoms with Crippen LogP contribution in [-0.2, 0) is 6.42 Å². The Kier molecular flexibility index (Phi) is 3.06. The van der Waals surface area contributed by atoms with Gasteiger partial charge < -0.3 is 10.5 Å². The molecule has 0 aliphatic carbocycles. The average Bonchev–Trinajstić information content (AvgIpc) is 2.86. The molecule has 0 radical (unpaired) electrons. The predicted molar refractivity (Wildman–Crippen MR) is 73.6 cm³/mol. The second-order valence-electron chi connectivity index (χ2n) is 4.34. The first kappa shape index (κ1) is 11.7. The highest BCUT2D eigenvalue weighted by atomic mass is 79.9. The van der Waals surface area contributed by atoms with Crippen LogP contribution < -0.4 is 10.5 Å². The van der Waals surface area contributed by atoms with Crippen LogP contribution in [0.25, 0.3) is 0 Å². The van der Waals surface area contributed by atoms with Crippen molar-refractivity contribution in [2.75, 3.05) is 6.61 Å². The molecule has 0 saturated heterocycles. The Morgan fingerprint density at radius 1 is 1.28 bits per heavy atom. The Balaban J connectivity index is 1.92. The SMILES string of the molecule is NC(c1ccc2c(c1)CCO2)c1ccc(Br)cn1. The van der Waals surface area contributed by atoms with Crippen LogP contribution in [0.1, 0.15) is 22.9 Å². The first-order valence-corrected chi connectivity index (χ1v) is 6.66. The number of ether oxygens (including phenoxy) is 1. The number of benzene rings is 1. The van der Waals surface area contributed by atoms with Crippen molar-refractivity contribution in [2.24, 2.45) is 5.73 Å². The van der Waals surface area contributed by atoms with E-state index in [1.54, 1.807) is 6.20 Å². The van der Waals surface area contributed by atoms with Crippen LogP contribution in [0, 0.1) is 0 Å². The van der Waals surface area contributed by atoms with Crippen molar-refractivity contribution in [1.82, 2.24) is 4.98 Å². The van der Waals surface area contributed by atoms with Gasteiger partial charge in [-0.15, -0.1) is 0 Å². The summed E-state index contributed by atoms with van der Waals surface area (Å²) in [5.74, 6) is 0.981. The fraction of sp³-hybridized carbons (Fsp3) is 0.214. The van der Waals surface area contributed by atoms with Crippen molar-refractivity contribution < 1.29 is 4.74 Å². The van der Waals surface area contributed by atoms with Crippen molar-refractivity contribution in [3.8, 4) is 5.75 Å². The Hall–Kier alpha value is -1.39. The molecule has 1 unspecified atom stereocenters. The Morgan fingerprint density at radius 3 is 2.94 bits per heavy atom. The molecule has 1 aliphatic heterocycles. The number of nitrogens with zero attached hydrogens (tertiary/aromatic N) is 1. The van der Waals surface area contributed by atoms with Gasteiger partial charge in [-0.05, 0) is 45.3 Å². The smallest absolute Gasteiger partial charge is 0.122 e. The number of pyridine rings is 1. The zero-order valence-electron chi connectivity index (χ0n) is 9.77. The minimum Gasteiger partial charge on any atom is -0.493 e. The molecule has 1 aliphatic rings. The van der Waals surface area contributed by atoms with Gasteiger partial charge in [0.25, 0.3) is 0 Å². The average molecular weight is 305 g/mol. The van der Waals surface area contributed by atoms with E-state index in [9.17, 15) is 0 Å². The number of halogens is 1. The van der Waals surface area contributed by atoms with Crippen LogP contribution in [0.3, 0.4) is 0 Å². The Morgan fingerprint density at radius 2 is 2.17 bits per heavy atom. The maximum absolute atomic E-state index is 6.24. The van der Waals surface area contributed by atoms with E-state index in [2.05, 4.69) is 27.0 Å². The summed E-state index contributed by atoms with van der Waals surface area (Å²) in [7, 11) is 0. The van der Waals surface area contributed by atoms with Gasteiger partial charge in [-0.3, -0.25) is 4.98 Å². The summed E-state index contributed by atoms with van der Waals surface area (Å²) in [6.07, 6.45) is 2.73. The van der Waals surface area contributed by atoms with E-state index in [1.807, 2.05) is 24.3 Å². The molecule has 1 aromatic carbocycles. The molecule has 1 aromatic heterocycles. The highest BCUT2D eigenvalue weighted by molar-refractivity contribution is 9.10. The van der Waals surface area contributed by atoms with Crippen LogP contribution in [0.2, 0.25) is 0 Å². The van der Waals surface area contributed by atoms with Gasteiger partial charge >= 0.3 is 0 Å². The first-order valence-electron chi connectivity index (χ1n) is 5.87. The zero-order valence-corrected chi connectivity index (χ0v) is 11.4. The second kappa shape index (κ2) is 4.71. The van der Waals surface area contributed by atoms with Gasteiger partial charge in [0.05, 0.1) is 18.3 Å². The van der Waals surface area contributed by atoms with E-state index in [1.165, 1.54) is 5.56 Å². The lowest BCUT2D eigenvalue weighted by Crippen LogP contribution is -2.13. The summed E-state index contributed by atoms with van der Waals surface area (Å²) in [4.78, 5) is 4.34. The van der Waals surface area contributed by atoms with Crippen LogP contribution in [0.15, 0.2) is 41.0 Å². The van der Waals surface area contributed by atoms with Gasteiger partial charge in [0, 0.05) is 17.1 Å². The van der Waals surface area contributed by atoms with Crippen LogP contribution in [0.4, 0.5) is 0 Å². The van der Waals surface area contributed by atoms with Crippen molar-refractivity contribution >= 4 is 15.9 Å². The van der Waals surface area contributed by atoms with E-state index in [4.69, 9.17) is 10.5 Å². The van der Waals surface area contributed by atoms with Gasteiger partial charge in [0.15, 0.2) is 0 Å². The second-order valence-corrected chi connectivity index (χ2v) is 5.26. The lowest BCUT2D eigenvalue weighted by Gasteiger charge is -2.12. The standard InChI is InChI=1S/C14H13BrN2O/c15-11-2-3-12(17-8-11)14(16)10-1-4-13-9(7-10)5-6-18-13/h1-4,7-8,14H,5-6,16H2. The third-order valence-electron chi connectivity index (χ3n) is 3.14. The summed E-state index contributed by atoms with van der Waals surface area (Å²) < 4.78 is 6.45. The molecule has 3 rings (SSSR count). The van der Waals surface area contributed by atoms with E-state index >= 15 is 0 Å². The number of hydrogen-bond acceptors (Lipinski definition) is 3. The van der Waals surface area contributed by atoms with Crippen LogP contribution in [-0.4, -0.2) is 11.6 Å². The van der Waals surface area contributed by atoms with Crippen LogP contribution in [0.5, 0.6) is 5.75 Å². The predicted octanol–water partition coefficient (Wildman–Crippen LogP) is 2.83. The Labute approximate surface area is 114 Å². The summed E-state index contributed by atoms with van der Waals surface area (Å²) >= 11 is 3.37. The van der Waals surface area contributed by atoms with Gasteiger partial charge in [-0.2, -0.15) is 0 Å². The number of nitrogens with two attached hydrogens (primary N) is 1. The molecule has 0 saturated carbocycles. The number of hydrogen-bond donors (Lipinski definition) is 1. The monoisotopic (exact) mass is 304 g/mol. The quantitative estimate of drug-likeness (QED) is 0.928. The van der Waals surface area contributed by atoms with Gasteiger partial charge in [0.2, 0.25) is 0 Å². The molecule has 92 valence electrons. The molecular formula is C14H13BrN2O. The van der Waals surface area contributed by atoms with Crippen molar-refractivity contribution in [3.63, 3.8) is 0 Å². The third-order valence-corrected chi connectivity index (χ3v) is 3.61. The zero-order chi connectivity index (χ0) is 12.5. The van der Waals surface area contributed by atoms with E-state index in [-0.39, 0.29) is 6.04 Å². The molecule has 0 spiro atoms. The minimum atomic E-state index is -0.191. The fourth-order valence-electron chi connectivity index (χ4n) is 2.14. The highest BCUT2D eigenvalue weighted by Gasteiger charge is 2.16. The molecule has 2 N–H and O–H groups in total. The van der Waals surface area contributed by atoms with Crippen molar-refractivity contribution in [2.45, 2.75) is 12.5 Å². The summed E-state index contributed by atoms with van der Waals surface area (Å²) in [6.45, 7) is 0.768. The Bertz CT molecular complexity index is 569. The molecule has 0 bridgehead atoms. The maximum Gasteiger partial charge on any atom is 0.122 e. The number of aromatic nitrogens is 1. The lowest BCUT2D eigenvalue weighted by molar-refractivity contribution is 0.357. The molecule has 1 atom stereocenters. The normalized spacial score (nSPS) is 15.0. The van der Waals surface area contributed by atoms with E-state index in [0.29, 0.717) is 0 Å². The first-order chi connectivity index (χ1) is 8.74. The van der Waals surface area contributed by atoms with E-state index in [0.717, 1.165) is 34.5 Å². The third kappa shape index (κ3) is 2.13. The van der Waals surface area contributed by atoms with E-state index < -0.39 is 0 Å². The molecule has 0 amide bonds. The summed E-state index contributed by atoms with van der Waals surface area (Å²) in [6, 6.07) is 9.84. The highest BCUT2D eigenvalue weighted by Crippen LogP contribution is 2.29. The number of rotatable bonds is 2. The molecule has 4 heteroatoms. The van der Waals surface area contributed by atoms with Crippen LogP contribution >= 0.6 is 15.9 Å². The molecular weight excluding hydrogens is 292 g/mol. The van der Waals surface area contributed by atoms with Crippen molar-refractivity contribution in [1.29, 1.82) is 0 Å². The summed E-state index contributed by atoms with van der Waals surface area (Å²) in [5.41, 5.74) is 9.43. The number of fused-ring (bicyclic) bond motifs is 1. The van der Waals surface area contributed by atoms with Gasteiger partial charge in [-0.25, -0.2) is 0 Å².